The Morgan fingerprint density at radius 3 is 2.55 bits per heavy atom. The minimum atomic E-state index is -3.68. The monoisotopic (exact) mass is 452 g/mol. The van der Waals surface area contributed by atoms with Gasteiger partial charge in [-0.25, -0.2) is 8.42 Å². The Morgan fingerprint density at radius 2 is 1.83 bits per heavy atom. The molecule has 2 aromatic carbocycles. The van der Waals surface area contributed by atoms with Crippen LogP contribution in [-0.2, 0) is 19.6 Å². The molecule has 0 saturated heterocycles. The van der Waals surface area contributed by atoms with Gasteiger partial charge < -0.3 is 0 Å². The number of rotatable bonds is 5. The maximum Gasteiger partial charge on any atom is 0.263 e. The summed E-state index contributed by atoms with van der Waals surface area (Å²) in [6.07, 6.45) is 0. The second-order valence-corrected chi connectivity index (χ2v) is 9.17. The third-order valence-corrected chi connectivity index (χ3v) is 6.53. The molecule has 0 spiro atoms. The smallest absolute Gasteiger partial charge is 0.263 e. The summed E-state index contributed by atoms with van der Waals surface area (Å²) in [5, 5.41) is 0.605. The van der Waals surface area contributed by atoms with E-state index in [1.54, 1.807) is 42.5 Å². The lowest BCUT2D eigenvalue weighted by molar-refractivity contribution is -0.128. The van der Waals surface area contributed by atoms with Gasteiger partial charge in [0.05, 0.1) is 10.6 Å². The molecule has 0 aromatic heterocycles. The molecule has 2 amide bonds. The van der Waals surface area contributed by atoms with Crippen LogP contribution < -0.4 is 15.6 Å². The Morgan fingerprint density at radius 1 is 1.14 bits per heavy atom. The van der Waals surface area contributed by atoms with Gasteiger partial charge in [0.2, 0.25) is 5.91 Å². The molecule has 8 nitrogen and oxygen atoms in total. The van der Waals surface area contributed by atoms with Crippen LogP contribution in [0.15, 0.2) is 63.3 Å². The fraction of sp³-hybridized carbons (Fsp3) is 0.167. The summed E-state index contributed by atoms with van der Waals surface area (Å²) in [5.41, 5.74) is 5.00. The number of benzene rings is 2. The van der Waals surface area contributed by atoms with Gasteiger partial charge in [0.1, 0.15) is 11.9 Å². The number of fused-ring (bicyclic) bond motifs is 1. The molecule has 0 bridgehead atoms. The first kappa shape index (κ1) is 21.2. The van der Waals surface area contributed by atoms with E-state index in [0.717, 1.165) is 4.90 Å². The molecule has 0 saturated carbocycles. The van der Waals surface area contributed by atoms with Gasteiger partial charge in [0, 0.05) is 15.5 Å². The van der Waals surface area contributed by atoms with Gasteiger partial charge in [-0.05, 0) is 43.3 Å². The summed E-state index contributed by atoms with van der Waals surface area (Å²) in [6.45, 7) is 1.49. The number of amides is 2. The van der Waals surface area contributed by atoms with Gasteiger partial charge in [-0.2, -0.15) is 0 Å². The van der Waals surface area contributed by atoms with Gasteiger partial charge in [0.25, 0.3) is 15.9 Å². The van der Waals surface area contributed by atoms with Crippen molar-refractivity contribution in [1.29, 1.82) is 0 Å². The van der Waals surface area contributed by atoms with Crippen molar-refractivity contribution in [1.82, 2.24) is 15.6 Å². The summed E-state index contributed by atoms with van der Waals surface area (Å²) in [6, 6.07) is 12.4. The van der Waals surface area contributed by atoms with E-state index in [4.69, 9.17) is 11.6 Å². The molecule has 1 aliphatic rings. The average Bonchev–Trinajstić information content (AvgIpc) is 2.96. The van der Waals surface area contributed by atoms with Crippen molar-refractivity contribution >= 4 is 51.0 Å². The number of hydrogen-bond donors (Lipinski definition) is 3. The van der Waals surface area contributed by atoms with Crippen LogP contribution in [0.1, 0.15) is 12.5 Å². The normalized spacial score (nSPS) is 16.6. The first-order valence-electron chi connectivity index (χ1n) is 8.43. The van der Waals surface area contributed by atoms with Crippen LogP contribution >= 0.6 is 23.4 Å². The minimum Gasteiger partial charge on any atom is -0.272 e. The van der Waals surface area contributed by atoms with Crippen molar-refractivity contribution in [3.8, 4) is 0 Å². The highest BCUT2D eigenvalue weighted by Crippen LogP contribution is 2.22. The molecule has 0 fully saturated rings. The van der Waals surface area contributed by atoms with Gasteiger partial charge in [-0.1, -0.05) is 23.7 Å². The van der Waals surface area contributed by atoms with Crippen LogP contribution in [0.25, 0.3) is 0 Å². The molecular weight excluding hydrogens is 436 g/mol. The molecule has 29 heavy (non-hydrogen) atoms. The first-order valence-corrected chi connectivity index (χ1v) is 11.3. The molecular formula is C18H17ClN4O4S2. The van der Waals surface area contributed by atoms with E-state index in [1.807, 2.05) is 0 Å². The molecule has 1 atom stereocenters. The fourth-order valence-corrected chi connectivity index (χ4v) is 4.50. The van der Waals surface area contributed by atoms with Gasteiger partial charge in [0.15, 0.2) is 0 Å². The molecule has 1 aliphatic heterocycles. The van der Waals surface area contributed by atoms with Crippen LogP contribution in [0, 0.1) is 0 Å². The number of nitrogens with zero attached hydrogens (tertiary/aromatic N) is 1. The number of carbonyl (C=O) groups excluding carboxylic acids is 2. The minimum absolute atomic E-state index is 0.0906. The highest BCUT2D eigenvalue weighted by molar-refractivity contribution is 8.00. The zero-order chi connectivity index (χ0) is 21.0. The maximum absolute atomic E-state index is 12.2. The van der Waals surface area contributed by atoms with Crippen molar-refractivity contribution in [2.75, 3.05) is 5.75 Å². The third kappa shape index (κ3) is 5.28. The summed E-state index contributed by atoms with van der Waals surface area (Å²) in [5.74, 6) is -0.790. The number of amidine groups is 1. The van der Waals surface area contributed by atoms with Gasteiger partial charge >= 0.3 is 0 Å². The largest absolute Gasteiger partial charge is 0.272 e. The zero-order valence-electron chi connectivity index (χ0n) is 15.2. The lowest BCUT2D eigenvalue weighted by Crippen LogP contribution is -2.46. The molecule has 0 aliphatic carbocycles. The number of thioether (sulfide) groups is 1. The molecule has 0 radical (unpaired) electrons. The SMILES string of the molecule is CC(N=C1NS(=O)(=O)c2ccccc21)C(=O)NNC(=O)CSc1ccc(Cl)cc1. The third-order valence-electron chi connectivity index (χ3n) is 3.87. The van der Waals surface area contributed by atoms with Gasteiger partial charge in [-0.3, -0.25) is 30.2 Å². The van der Waals surface area contributed by atoms with E-state index in [9.17, 15) is 18.0 Å². The molecule has 3 rings (SSSR count). The van der Waals surface area contributed by atoms with Crippen molar-refractivity contribution in [3.63, 3.8) is 0 Å². The predicted octanol–water partition coefficient (Wildman–Crippen LogP) is 1.71. The number of halogens is 1. The summed E-state index contributed by atoms with van der Waals surface area (Å²) in [7, 11) is -3.68. The Bertz CT molecular complexity index is 1070. The topological polar surface area (TPSA) is 117 Å². The number of carbonyl (C=O) groups is 2. The van der Waals surface area contributed by atoms with E-state index in [-0.39, 0.29) is 16.5 Å². The van der Waals surface area contributed by atoms with E-state index in [0.29, 0.717) is 10.6 Å². The average molecular weight is 453 g/mol. The van der Waals surface area contributed by atoms with Gasteiger partial charge in [-0.15, -0.1) is 11.8 Å². The van der Waals surface area contributed by atoms with E-state index >= 15 is 0 Å². The van der Waals surface area contributed by atoms with Crippen LogP contribution in [0.3, 0.4) is 0 Å². The fourth-order valence-electron chi connectivity index (χ4n) is 2.43. The molecule has 11 heteroatoms. The van der Waals surface area contributed by atoms with E-state index < -0.39 is 27.9 Å². The standard InChI is InChI=1S/C18H17ClN4O4S2/c1-11(20-17-14-4-2-3-5-15(14)29(26,27)23-17)18(25)22-21-16(24)10-28-13-8-6-12(19)7-9-13/h2-9,11H,10H2,1H3,(H,20,23)(H,21,24)(H,22,25). The molecule has 1 heterocycles. The number of sulfonamides is 1. The molecule has 152 valence electrons. The summed E-state index contributed by atoms with van der Waals surface area (Å²) < 4.78 is 26.5. The van der Waals surface area contributed by atoms with Crippen molar-refractivity contribution in [3.05, 3.63) is 59.1 Å². The summed E-state index contributed by atoms with van der Waals surface area (Å²) in [4.78, 5) is 29.2. The van der Waals surface area contributed by atoms with Crippen molar-refractivity contribution in [2.45, 2.75) is 22.8 Å². The molecule has 2 aromatic rings. The summed E-state index contributed by atoms with van der Waals surface area (Å²) >= 11 is 7.10. The van der Waals surface area contributed by atoms with E-state index in [2.05, 4.69) is 20.6 Å². The highest BCUT2D eigenvalue weighted by Gasteiger charge is 2.31. The number of aliphatic imine (C=N–C) groups is 1. The lowest BCUT2D eigenvalue weighted by atomic mass is 10.2. The Balaban J connectivity index is 1.54. The number of hydrazine groups is 1. The Labute approximate surface area is 177 Å². The van der Waals surface area contributed by atoms with Crippen LogP contribution in [0.4, 0.5) is 0 Å². The Kier molecular flexibility index (Phi) is 6.46. The van der Waals surface area contributed by atoms with Crippen LogP contribution in [0.5, 0.6) is 0 Å². The lowest BCUT2D eigenvalue weighted by Gasteiger charge is -2.11. The van der Waals surface area contributed by atoms with Crippen molar-refractivity contribution < 1.29 is 18.0 Å². The predicted molar refractivity (Wildman–Crippen MR) is 111 cm³/mol. The van der Waals surface area contributed by atoms with E-state index in [1.165, 1.54) is 24.8 Å². The highest BCUT2D eigenvalue weighted by atomic mass is 35.5. The second kappa shape index (κ2) is 8.85. The van der Waals surface area contributed by atoms with Crippen molar-refractivity contribution in [2.24, 2.45) is 4.99 Å². The molecule has 1 unspecified atom stereocenters. The quantitative estimate of drug-likeness (QED) is 0.471. The number of hydrogen-bond acceptors (Lipinski definition) is 6. The van der Waals surface area contributed by atoms with Crippen LogP contribution in [0.2, 0.25) is 5.02 Å². The van der Waals surface area contributed by atoms with Crippen LogP contribution in [-0.4, -0.2) is 37.9 Å². The second-order valence-electron chi connectivity index (χ2n) is 6.04. The molecule has 3 N–H and O–H groups in total. The zero-order valence-corrected chi connectivity index (χ0v) is 17.6. The number of nitrogens with one attached hydrogen (secondary N) is 3. The first-order chi connectivity index (χ1) is 13.8. The maximum atomic E-state index is 12.2. The Hall–Kier alpha value is -2.56.